The van der Waals surface area contributed by atoms with E-state index in [1.165, 1.54) is 0 Å². The number of benzene rings is 11. The van der Waals surface area contributed by atoms with Gasteiger partial charge in [-0.3, -0.25) is 0 Å². The first-order valence-corrected chi connectivity index (χ1v) is 24.5. The molecule has 3 heterocycles. The minimum absolute atomic E-state index is 0.384. The van der Waals surface area contributed by atoms with Crippen molar-refractivity contribution >= 4 is 71.1 Å². The van der Waals surface area contributed by atoms with Crippen LogP contribution in [0, 0.1) is 17.9 Å². The maximum atomic E-state index is 12.1. The zero-order valence-electron chi connectivity index (χ0n) is 39.4. The van der Waals surface area contributed by atoms with Gasteiger partial charge in [0.15, 0.2) is 0 Å². The summed E-state index contributed by atoms with van der Waals surface area (Å²) in [6.07, 6.45) is 0. The second kappa shape index (κ2) is 16.7. The van der Waals surface area contributed by atoms with Crippen LogP contribution in [0.3, 0.4) is 0 Å². The van der Waals surface area contributed by atoms with E-state index in [1.54, 1.807) is 0 Å². The van der Waals surface area contributed by atoms with Crippen molar-refractivity contribution in [3.63, 3.8) is 0 Å². The molecule has 0 amide bonds. The Kier molecular flexibility index (Phi) is 9.58. The van der Waals surface area contributed by atoms with Crippen LogP contribution in [0.5, 0.6) is 0 Å². The third-order valence-electron chi connectivity index (χ3n) is 14.7. The van der Waals surface area contributed by atoms with Crippen LogP contribution < -0.4 is 0 Å². The van der Waals surface area contributed by atoms with Gasteiger partial charge in [-0.05, 0) is 93.5 Å². The molecule has 0 aliphatic carbocycles. The van der Waals surface area contributed by atoms with E-state index >= 15 is 0 Å². The molecule has 0 spiro atoms. The van der Waals surface area contributed by atoms with Crippen molar-refractivity contribution < 1.29 is 0 Å². The number of rotatable bonds is 7. The topological polar surface area (TPSA) is 42.9 Å². The van der Waals surface area contributed by atoms with Gasteiger partial charge in [0.1, 0.15) is 6.07 Å². The number of hydrogen-bond acceptors (Lipinski definition) is 1. The fourth-order valence-electron chi connectivity index (χ4n) is 11.5. The van der Waals surface area contributed by atoms with Crippen LogP contribution in [0.2, 0.25) is 0 Å². The summed E-state index contributed by atoms with van der Waals surface area (Å²) in [6.45, 7) is 9.48. The van der Waals surface area contributed by atoms with Crippen molar-refractivity contribution in [1.82, 2.24) is 13.7 Å². The van der Waals surface area contributed by atoms with E-state index in [9.17, 15) is 11.8 Å². The number of aromatic nitrogens is 3. The molecule has 5 heteroatoms. The lowest BCUT2D eigenvalue weighted by Crippen LogP contribution is -2.13. The minimum atomic E-state index is 0.384. The smallest absolute Gasteiger partial charge is 0.221 e. The zero-order chi connectivity index (χ0) is 48.6. The van der Waals surface area contributed by atoms with Gasteiger partial charge in [-0.25, -0.2) is 4.85 Å². The van der Waals surface area contributed by atoms with E-state index < -0.39 is 0 Å². The van der Waals surface area contributed by atoms with Crippen LogP contribution in [0.1, 0.15) is 5.56 Å². The summed E-state index contributed by atoms with van der Waals surface area (Å²) in [4.78, 5) is 4.62. The zero-order valence-corrected chi connectivity index (χ0v) is 39.4. The Morgan fingerprint density at radius 3 is 0.986 bits per heavy atom. The first kappa shape index (κ1) is 41.7. The molecule has 0 saturated carbocycles. The lowest BCUT2D eigenvalue weighted by Gasteiger charge is -2.27. The van der Waals surface area contributed by atoms with Gasteiger partial charge in [0.05, 0.1) is 62.3 Å². The molecule has 0 N–H and O–H groups in total. The monoisotopic (exact) mass is 927 g/mol. The molecular formula is C68H41N5. The van der Waals surface area contributed by atoms with Crippen LogP contribution in [0.25, 0.3) is 132 Å². The Morgan fingerprint density at radius 1 is 0.301 bits per heavy atom. The highest BCUT2D eigenvalue weighted by molar-refractivity contribution is 6.17. The van der Waals surface area contributed by atoms with Crippen molar-refractivity contribution in [2.24, 2.45) is 0 Å². The summed E-state index contributed by atoms with van der Waals surface area (Å²) in [6, 6.07) is 90.0. The van der Waals surface area contributed by atoms with Crippen LogP contribution in [-0.2, 0) is 0 Å². The summed E-state index contributed by atoms with van der Waals surface area (Å²) in [5.74, 6) is 0. The molecule has 338 valence electrons. The summed E-state index contributed by atoms with van der Waals surface area (Å²) in [7, 11) is 0. The van der Waals surface area contributed by atoms with Crippen molar-refractivity contribution in [3.05, 3.63) is 266 Å². The van der Waals surface area contributed by atoms with E-state index in [0.717, 1.165) is 110 Å². The molecule has 73 heavy (non-hydrogen) atoms. The quantitative estimate of drug-likeness (QED) is 0.147. The van der Waals surface area contributed by atoms with Gasteiger partial charge in [-0.2, -0.15) is 5.26 Å². The summed E-state index contributed by atoms with van der Waals surface area (Å²) in [5, 5.41) is 18.5. The number of nitriles is 1. The van der Waals surface area contributed by atoms with Gasteiger partial charge in [-0.15, -0.1) is 0 Å². The molecule has 0 unspecified atom stereocenters. The molecule has 3 aromatic heterocycles. The molecule has 0 bridgehead atoms. The predicted molar refractivity (Wildman–Crippen MR) is 302 cm³/mol. The number of fused-ring (bicyclic) bond motifs is 9. The summed E-state index contributed by atoms with van der Waals surface area (Å²) >= 11 is 0. The lowest BCUT2D eigenvalue weighted by molar-refractivity contribution is 1.05. The van der Waals surface area contributed by atoms with Crippen molar-refractivity contribution in [2.75, 3.05) is 0 Å². The Hall–Kier alpha value is -10.2. The third-order valence-corrected chi connectivity index (χ3v) is 14.7. The van der Waals surface area contributed by atoms with Crippen molar-refractivity contribution in [1.29, 1.82) is 5.26 Å². The SMILES string of the molecule is [C-]#[N+]c1c(-c2ccccc2)c(C#N)c(-n2c3ccccc3c3cc(-c4ccccc4)ccc32)c(-n2c3ccccc3c3cc(-c4ccccc4)ccc32)c1-n1c2ccccc2c2cc(-c3ccccc3)ccc21. The molecule has 0 saturated heterocycles. The fourth-order valence-corrected chi connectivity index (χ4v) is 11.5. The maximum absolute atomic E-state index is 12.1. The van der Waals surface area contributed by atoms with Crippen molar-refractivity contribution in [2.45, 2.75) is 0 Å². The molecule has 0 aliphatic rings. The van der Waals surface area contributed by atoms with Gasteiger partial charge in [-0.1, -0.05) is 194 Å². The number of para-hydroxylation sites is 3. The van der Waals surface area contributed by atoms with Crippen LogP contribution in [-0.4, -0.2) is 13.7 Å². The van der Waals surface area contributed by atoms with Crippen LogP contribution in [0.4, 0.5) is 5.69 Å². The highest BCUT2D eigenvalue weighted by Crippen LogP contribution is 2.52. The van der Waals surface area contributed by atoms with E-state index in [-0.39, 0.29) is 0 Å². The first-order valence-electron chi connectivity index (χ1n) is 24.5. The maximum Gasteiger partial charge on any atom is 0.221 e. The Bertz CT molecular complexity index is 4410. The van der Waals surface area contributed by atoms with E-state index in [0.29, 0.717) is 28.2 Å². The first-order chi connectivity index (χ1) is 36.2. The van der Waals surface area contributed by atoms with Gasteiger partial charge in [0.2, 0.25) is 5.69 Å². The van der Waals surface area contributed by atoms with Gasteiger partial charge < -0.3 is 13.7 Å². The van der Waals surface area contributed by atoms with E-state index in [2.05, 4.69) is 225 Å². The molecule has 11 aromatic carbocycles. The highest BCUT2D eigenvalue weighted by Gasteiger charge is 2.33. The number of hydrogen-bond donors (Lipinski definition) is 0. The Labute approximate surface area is 421 Å². The fraction of sp³-hybridized carbons (Fsp3) is 0. The molecule has 0 fully saturated rings. The Morgan fingerprint density at radius 2 is 0.616 bits per heavy atom. The molecule has 14 aromatic rings. The molecule has 14 rings (SSSR count). The average molecular weight is 928 g/mol. The van der Waals surface area contributed by atoms with Crippen LogP contribution >= 0.6 is 0 Å². The lowest BCUT2D eigenvalue weighted by atomic mass is 9.93. The molecule has 0 radical (unpaired) electrons. The average Bonchev–Trinajstić information content (AvgIpc) is 4.12. The third kappa shape index (κ3) is 6.40. The van der Waals surface area contributed by atoms with Crippen LogP contribution in [0.15, 0.2) is 249 Å². The van der Waals surface area contributed by atoms with Crippen molar-refractivity contribution in [3.8, 4) is 67.6 Å². The Balaban J connectivity index is 1.23. The van der Waals surface area contributed by atoms with Gasteiger partial charge in [0, 0.05) is 37.9 Å². The standard InChI is InChI=1S/C68H41N5/c1-70-65-64(47-26-12-5-13-27-47)57(43-69)66(71-58-31-17-14-28-51(58)54-40-48(34-37-61(54)71)44-20-6-2-7-21-44)68(73-60-33-19-16-30-53(60)56-42-50(36-39-63(56)73)46-24-10-4-11-25-46)67(65)72-59-32-18-15-29-52(59)55-41-49(35-38-62(55)72)45-22-8-3-9-23-45/h2-42H. The highest BCUT2D eigenvalue weighted by atomic mass is 15.1. The summed E-state index contributed by atoms with van der Waals surface area (Å²) in [5.41, 5.74) is 16.6. The molecule has 0 aliphatic heterocycles. The summed E-state index contributed by atoms with van der Waals surface area (Å²) < 4.78 is 6.95. The molecular weight excluding hydrogens is 887 g/mol. The largest absolute Gasteiger partial charge is 0.317 e. The molecule has 5 nitrogen and oxygen atoms in total. The molecule has 0 atom stereocenters. The normalized spacial score (nSPS) is 11.5. The second-order valence-corrected chi connectivity index (χ2v) is 18.6. The predicted octanol–water partition coefficient (Wildman–Crippen LogP) is 18.1. The van der Waals surface area contributed by atoms with E-state index in [1.807, 2.05) is 48.5 Å². The second-order valence-electron chi connectivity index (χ2n) is 18.6. The van der Waals surface area contributed by atoms with Gasteiger partial charge in [0.25, 0.3) is 0 Å². The number of nitrogens with zero attached hydrogens (tertiary/aromatic N) is 5. The van der Waals surface area contributed by atoms with Gasteiger partial charge >= 0.3 is 0 Å². The minimum Gasteiger partial charge on any atom is -0.317 e. The van der Waals surface area contributed by atoms with E-state index in [4.69, 9.17) is 0 Å².